The number of carbonyl (C=O) groups is 2. The van der Waals surface area contributed by atoms with Gasteiger partial charge in [-0.2, -0.15) is 39.5 Å². The van der Waals surface area contributed by atoms with Crippen molar-refractivity contribution in [3.05, 3.63) is 81.9 Å². The largest absolute Gasteiger partial charge is 0.496 e. The molecule has 3 aromatic carbocycles. The number of carboxylic acid groups (broad SMARTS) is 1. The van der Waals surface area contributed by atoms with Crippen molar-refractivity contribution in [2.75, 3.05) is 13.7 Å². The summed E-state index contributed by atoms with van der Waals surface area (Å²) in [5.74, 6) is -2.65. The molecule has 0 aliphatic carbocycles. The Hall–Kier alpha value is -4.43. The fourth-order valence-corrected chi connectivity index (χ4v) is 6.12. The molecular formula is C36H35F9O6. The maximum absolute atomic E-state index is 13.9. The van der Waals surface area contributed by atoms with E-state index < -0.39 is 70.7 Å². The van der Waals surface area contributed by atoms with Crippen molar-refractivity contribution in [1.29, 1.82) is 0 Å². The van der Waals surface area contributed by atoms with Crippen LogP contribution in [0, 0.1) is 18.8 Å². The topological polar surface area (TPSA) is 82.1 Å². The van der Waals surface area contributed by atoms with Crippen LogP contribution >= 0.6 is 0 Å². The summed E-state index contributed by atoms with van der Waals surface area (Å²) < 4.78 is 140. The Morgan fingerprint density at radius 1 is 0.843 bits per heavy atom. The molecule has 15 heteroatoms. The van der Waals surface area contributed by atoms with E-state index >= 15 is 0 Å². The van der Waals surface area contributed by atoms with Crippen LogP contribution in [0.15, 0.2) is 48.5 Å². The molecule has 278 valence electrons. The average Bonchev–Trinajstić information content (AvgIpc) is 3.02. The van der Waals surface area contributed by atoms with Crippen molar-refractivity contribution in [3.8, 4) is 22.6 Å². The van der Waals surface area contributed by atoms with Gasteiger partial charge in [-0.15, -0.1) is 0 Å². The number of benzene rings is 3. The number of aliphatic carboxylic acids is 1. The van der Waals surface area contributed by atoms with E-state index in [1.165, 1.54) is 20.1 Å². The van der Waals surface area contributed by atoms with Crippen molar-refractivity contribution >= 4 is 11.9 Å². The molecule has 0 amide bonds. The smallest absolute Gasteiger partial charge is 0.416 e. The van der Waals surface area contributed by atoms with E-state index in [1.54, 1.807) is 19.1 Å². The Balaban J connectivity index is 1.67. The van der Waals surface area contributed by atoms with E-state index in [0.717, 1.165) is 12.1 Å². The number of cyclic esters (lactones) is 1. The fourth-order valence-electron chi connectivity index (χ4n) is 6.12. The third kappa shape index (κ3) is 10.1. The van der Waals surface area contributed by atoms with E-state index in [0.29, 0.717) is 40.3 Å². The van der Waals surface area contributed by atoms with Crippen LogP contribution < -0.4 is 9.47 Å². The molecule has 51 heavy (non-hydrogen) atoms. The third-order valence-corrected chi connectivity index (χ3v) is 8.72. The SMILES string of the molecule is COc1cc(C)c(OCCCC(=O)O)cc1-c1ccc(C(F)(F)F)cc1CC1CC[C@@H](C)[C@@H](c2cc(C(F)(F)F)cc(C(F)(F)F)c2)OC(=O)C1. The van der Waals surface area contributed by atoms with Crippen LogP contribution in [-0.2, 0) is 39.3 Å². The van der Waals surface area contributed by atoms with Crippen molar-refractivity contribution in [1.82, 2.24) is 0 Å². The minimum absolute atomic E-state index is 0.0147. The van der Waals surface area contributed by atoms with Crippen LogP contribution in [0.1, 0.15) is 78.5 Å². The molecular weight excluding hydrogens is 699 g/mol. The van der Waals surface area contributed by atoms with Gasteiger partial charge in [-0.05, 0) is 109 Å². The highest BCUT2D eigenvalue weighted by molar-refractivity contribution is 5.76. The Bertz CT molecular complexity index is 1700. The van der Waals surface area contributed by atoms with Crippen LogP contribution in [-0.4, -0.2) is 30.8 Å². The predicted octanol–water partition coefficient (Wildman–Crippen LogP) is 10.2. The lowest BCUT2D eigenvalue weighted by Crippen LogP contribution is -2.26. The molecule has 0 spiro atoms. The van der Waals surface area contributed by atoms with Gasteiger partial charge < -0.3 is 19.3 Å². The van der Waals surface area contributed by atoms with Crippen LogP contribution in [0.4, 0.5) is 39.5 Å². The van der Waals surface area contributed by atoms with Crippen molar-refractivity contribution in [2.24, 2.45) is 11.8 Å². The number of ether oxygens (including phenoxy) is 3. The van der Waals surface area contributed by atoms with Crippen LogP contribution in [0.5, 0.6) is 11.5 Å². The normalized spacial score (nSPS) is 18.8. The standard InChI is InChI=1S/C36H35F9O6/c1-19-6-7-21(13-32(48)51-33(19)23-15-25(35(40,41)42)17-26(16-23)36(43,44)45)12-22-14-24(34(37,38)39)8-9-27(22)28-18-29(20(2)11-30(28)49-3)50-10-4-5-31(46)47/h8-9,11,14-19,21,33H,4-7,10,12-13H2,1-3H3,(H,46,47)/t19-,21?,33+/m1/s1. The second-order valence-corrected chi connectivity index (χ2v) is 12.6. The van der Waals surface area contributed by atoms with Gasteiger partial charge in [-0.3, -0.25) is 9.59 Å². The summed E-state index contributed by atoms with van der Waals surface area (Å²) in [5, 5.41) is 8.92. The molecule has 1 N–H and O–H groups in total. The number of carbonyl (C=O) groups excluding carboxylic acids is 1. The summed E-state index contributed by atoms with van der Waals surface area (Å²) in [4.78, 5) is 24.0. The molecule has 6 nitrogen and oxygen atoms in total. The molecule has 1 aliphatic heterocycles. The van der Waals surface area contributed by atoms with E-state index in [-0.39, 0.29) is 56.8 Å². The molecule has 1 saturated heterocycles. The monoisotopic (exact) mass is 734 g/mol. The first-order valence-corrected chi connectivity index (χ1v) is 15.9. The summed E-state index contributed by atoms with van der Waals surface area (Å²) >= 11 is 0. The van der Waals surface area contributed by atoms with E-state index in [9.17, 15) is 49.1 Å². The first-order chi connectivity index (χ1) is 23.7. The zero-order chi connectivity index (χ0) is 37.9. The van der Waals surface area contributed by atoms with Gasteiger partial charge in [0.15, 0.2) is 0 Å². The van der Waals surface area contributed by atoms with Gasteiger partial charge in [0.05, 0.1) is 30.4 Å². The number of halogens is 9. The number of esters is 1. The van der Waals surface area contributed by atoms with Gasteiger partial charge in [0, 0.05) is 18.4 Å². The van der Waals surface area contributed by atoms with Crippen LogP contribution in [0.25, 0.3) is 11.1 Å². The maximum atomic E-state index is 13.9. The Morgan fingerprint density at radius 3 is 2.04 bits per heavy atom. The molecule has 4 rings (SSSR count). The second kappa shape index (κ2) is 15.4. The zero-order valence-electron chi connectivity index (χ0n) is 27.7. The minimum Gasteiger partial charge on any atom is -0.496 e. The van der Waals surface area contributed by atoms with E-state index in [2.05, 4.69) is 0 Å². The number of hydrogen-bond donors (Lipinski definition) is 1. The number of alkyl halides is 9. The van der Waals surface area contributed by atoms with Gasteiger partial charge in [0.25, 0.3) is 0 Å². The molecule has 0 aromatic heterocycles. The number of hydrogen-bond acceptors (Lipinski definition) is 5. The highest BCUT2D eigenvalue weighted by Crippen LogP contribution is 2.44. The quantitative estimate of drug-likeness (QED) is 0.127. The van der Waals surface area contributed by atoms with E-state index in [4.69, 9.17) is 19.3 Å². The summed E-state index contributed by atoms with van der Waals surface area (Å²) in [5.41, 5.74) is -3.01. The molecule has 0 bridgehead atoms. The van der Waals surface area contributed by atoms with Gasteiger partial charge in [-0.1, -0.05) is 13.0 Å². The Kier molecular flexibility index (Phi) is 11.9. The zero-order valence-corrected chi connectivity index (χ0v) is 27.7. The lowest BCUT2D eigenvalue weighted by Gasteiger charge is -2.31. The Labute approximate surface area is 287 Å². The highest BCUT2D eigenvalue weighted by atomic mass is 19.4. The number of carboxylic acids is 1. The molecule has 1 aliphatic rings. The molecule has 0 radical (unpaired) electrons. The number of rotatable bonds is 10. The van der Waals surface area contributed by atoms with Crippen molar-refractivity contribution in [3.63, 3.8) is 0 Å². The van der Waals surface area contributed by atoms with Gasteiger partial charge in [0.2, 0.25) is 0 Å². The lowest BCUT2D eigenvalue weighted by molar-refractivity contribution is -0.155. The van der Waals surface area contributed by atoms with Crippen LogP contribution in [0.2, 0.25) is 0 Å². The summed E-state index contributed by atoms with van der Waals surface area (Å²) in [6.07, 6.45) is -16.4. The average molecular weight is 735 g/mol. The molecule has 1 unspecified atom stereocenters. The van der Waals surface area contributed by atoms with E-state index in [1.807, 2.05) is 0 Å². The van der Waals surface area contributed by atoms with Crippen molar-refractivity contribution < 1.29 is 68.4 Å². The van der Waals surface area contributed by atoms with Gasteiger partial charge >= 0.3 is 30.5 Å². The first-order valence-electron chi connectivity index (χ1n) is 15.9. The molecule has 3 aromatic rings. The van der Waals surface area contributed by atoms with Crippen molar-refractivity contribution in [2.45, 2.75) is 77.0 Å². The van der Waals surface area contributed by atoms with Gasteiger partial charge in [-0.25, -0.2) is 0 Å². The maximum Gasteiger partial charge on any atom is 0.416 e. The first kappa shape index (κ1) is 39.4. The van der Waals surface area contributed by atoms with Crippen LogP contribution in [0.3, 0.4) is 0 Å². The summed E-state index contributed by atoms with van der Waals surface area (Å²) in [6, 6.07) is 7.35. The molecule has 1 fully saturated rings. The molecule has 1 heterocycles. The molecule has 0 saturated carbocycles. The minimum atomic E-state index is -5.11. The number of methoxy groups -OCH3 is 1. The highest BCUT2D eigenvalue weighted by Gasteiger charge is 2.39. The lowest BCUT2D eigenvalue weighted by atomic mass is 9.82. The third-order valence-electron chi connectivity index (χ3n) is 8.72. The number of aryl methyl sites for hydroxylation is 1. The Morgan fingerprint density at radius 2 is 1.47 bits per heavy atom. The second-order valence-electron chi connectivity index (χ2n) is 12.6. The fraction of sp³-hybridized carbons (Fsp3) is 0.444. The molecule has 3 atom stereocenters. The van der Waals surface area contributed by atoms with Gasteiger partial charge in [0.1, 0.15) is 17.6 Å². The summed E-state index contributed by atoms with van der Waals surface area (Å²) in [6.45, 7) is 3.28. The summed E-state index contributed by atoms with van der Waals surface area (Å²) in [7, 11) is 1.38. The predicted molar refractivity (Wildman–Crippen MR) is 166 cm³/mol.